The fourth-order valence-corrected chi connectivity index (χ4v) is 4.11. The van der Waals surface area contributed by atoms with Gasteiger partial charge in [-0.15, -0.1) is 0 Å². The largest absolute Gasteiger partial charge is 0.494 e. The number of nitrogens with one attached hydrogen (secondary N) is 1. The first-order valence-corrected chi connectivity index (χ1v) is 10.3. The lowest BCUT2D eigenvalue weighted by molar-refractivity contribution is 0.337. The smallest absolute Gasteiger partial charge is 0.148 e. The molecule has 4 nitrogen and oxygen atoms in total. The molecular weight excluding hydrogens is 306 g/mol. The van der Waals surface area contributed by atoms with E-state index < -0.39 is 9.84 Å². The summed E-state index contributed by atoms with van der Waals surface area (Å²) in [5.41, 5.74) is 2.33. The summed E-state index contributed by atoms with van der Waals surface area (Å²) >= 11 is 1.62. The summed E-state index contributed by atoms with van der Waals surface area (Å²) in [6.45, 7) is 4.70. The van der Waals surface area contributed by atoms with Gasteiger partial charge < -0.3 is 10.1 Å². The van der Waals surface area contributed by atoms with Gasteiger partial charge >= 0.3 is 0 Å². The molecule has 0 saturated carbocycles. The summed E-state index contributed by atoms with van der Waals surface area (Å²) in [4.78, 5) is 0. The number of rotatable bonds is 9. The maximum Gasteiger partial charge on any atom is 0.148 e. The molecule has 0 amide bonds. The predicted molar refractivity (Wildman–Crippen MR) is 91.0 cm³/mol. The molecule has 1 aromatic rings. The highest BCUT2D eigenvalue weighted by Crippen LogP contribution is 2.27. The molecule has 0 spiro atoms. The maximum atomic E-state index is 11.1. The van der Waals surface area contributed by atoms with Gasteiger partial charge in [0.05, 0.1) is 12.4 Å². The van der Waals surface area contributed by atoms with Crippen LogP contribution in [-0.2, 0) is 15.6 Å². The van der Waals surface area contributed by atoms with Crippen LogP contribution in [0, 0.1) is 0 Å². The van der Waals surface area contributed by atoms with Gasteiger partial charge in [0.1, 0.15) is 15.6 Å². The summed E-state index contributed by atoms with van der Waals surface area (Å²) in [6.07, 6.45) is 1.27. The molecule has 1 N–H and O–H groups in total. The second-order valence-corrected chi connectivity index (χ2v) is 8.36. The average molecular weight is 332 g/mol. The Morgan fingerprint density at radius 3 is 2.67 bits per heavy atom. The van der Waals surface area contributed by atoms with Crippen LogP contribution < -0.4 is 10.1 Å². The number of thioether (sulfide) groups is 1. The van der Waals surface area contributed by atoms with Crippen molar-refractivity contribution in [1.82, 2.24) is 5.32 Å². The monoisotopic (exact) mass is 331 g/mol. The Morgan fingerprint density at radius 2 is 2.10 bits per heavy atom. The molecule has 0 bridgehead atoms. The SMILES string of the molecule is CCOc1ccc(C(C)NC)cc1CSCCS(C)(=O)=O. The molecule has 0 aliphatic heterocycles. The molecule has 1 atom stereocenters. The summed E-state index contributed by atoms with van der Waals surface area (Å²) in [5, 5.41) is 3.22. The Balaban J connectivity index is 2.76. The van der Waals surface area contributed by atoms with Crippen molar-refractivity contribution in [2.45, 2.75) is 25.6 Å². The summed E-state index contributed by atoms with van der Waals surface area (Å²) < 4.78 is 27.9. The first-order valence-electron chi connectivity index (χ1n) is 7.05. The van der Waals surface area contributed by atoms with Gasteiger partial charge in [-0.2, -0.15) is 11.8 Å². The van der Waals surface area contributed by atoms with Crippen molar-refractivity contribution in [2.75, 3.05) is 31.4 Å². The Kier molecular flexibility index (Phi) is 7.56. The lowest BCUT2D eigenvalue weighted by Crippen LogP contribution is -2.12. The lowest BCUT2D eigenvalue weighted by atomic mass is 10.1. The molecule has 0 saturated heterocycles. The van der Waals surface area contributed by atoms with Crippen LogP contribution in [0.25, 0.3) is 0 Å². The lowest BCUT2D eigenvalue weighted by Gasteiger charge is -2.15. The predicted octanol–water partition coefficient (Wildman–Crippen LogP) is 2.64. The van der Waals surface area contributed by atoms with E-state index in [1.165, 1.54) is 11.8 Å². The van der Waals surface area contributed by atoms with Crippen molar-refractivity contribution >= 4 is 21.6 Å². The first-order chi connectivity index (χ1) is 9.87. The fourth-order valence-electron chi connectivity index (χ4n) is 1.84. The Labute approximate surface area is 132 Å². The van der Waals surface area contributed by atoms with Crippen LogP contribution in [0.15, 0.2) is 18.2 Å². The standard InChI is InChI=1S/C15H25NO3S2/c1-5-19-15-7-6-13(12(2)16-3)10-14(15)11-20-8-9-21(4,17)18/h6-7,10,12,16H,5,8-9,11H2,1-4H3. The Bertz CT molecular complexity index is 544. The second kappa shape index (κ2) is 8.66. The molecule has 0 aromatic heterocycles. The van der Waals surface area contributed by atoms with Gasteiger partial charge in [-0.3, -0.25) is 0 Å². The minimum Gasteiger partial charge on any atom is -0.494 e. The zero-order valence-electron chi connectivity index (χ0n) is 13.2. The van der Waals surface area contributed by atoms with Crippen LogP contribution in [-0.4, -0.2) is 39.8 Å². The molecule has 0 radical (unpaired) electrons. The van der Waals surface area contributed by atoms with Crippen molar-refractivity contribution in [2.24, 2.45) is 0 Å². The quantitative estimate of drug-likeness (QED) is 0.705. The van der Waals surface area contributed by atoms with Crippen molar-refractivity contribution in [3.05, 3.63) is 29.3 Å². The summed E-state index contributed by atoms with van der Waals surface area (Å²) in [5.74, 6) is 2.47. The highest BCUT2D eigenvalue weighted by Gasteiger charge is 2.10. The molecule has 0 heterocycles. The molecule has 120 valence electrons. The molecule has 1 aromatic carbocycles. The zero-order chi connectivity index (χ0) is 15.9. The van der Waals surface area contributed by atoms with Crippen LogP contribution >= 0.6 is 11.8 Å². The van der Waals surface area contributed by atoms with Crippen LogP contribution in [0.5, 0.6) is 5.75 Å². The van der Waals surface area contributed by atoms with E-state index in [4.69, 9.17) is 4.74 Å². The van der Waals surface area contributed by atoms with Crippen LogP contribution in [0.3, 0.4) is 0 Å². The topological polar surface area (TPSA) is 55.4 Å². The van der Waals surface area contributed by atoms with E-state index >= 15 is 0 Å². The first kappa shape index (κ1) is 18.3. The second-order valence-electron chi connectivity index (χ2n) is 4.99. The number of benzene rings is 1. The van der Waals surface area contributed by atoms with Gasteiger partial charge in [0, 0.05) is 29.4 Å². The number of hydrogen-bond acceptors (Lipinski definition) is 5. The van der Waals surface area contributed by atoms with E-state index in [1.807, 2.05) is 20.0 Å². The molecule has 1 rings (SSSR count). The highest BCUT2D eigenvalue weighted by molar-refractivity contribution is 7.99. The van der Waals surface area contributed by atoms with Crippen molar-refractivity contribution in [1.29, 1.82) is 0 Å². The van der Waals surface area contributed by atoms with E-state index in [0.29, 0.717) is 12.4 Å². The number of ether oxygens (including phenoxy) is 1. The van der Waals surface area contributed by atoms with Crippen LogP contribution in [0.2, 0.25) is 0 Å². The van der Waals surface area contributed by atoms with E-state index in [1.54, 1.807) is 11.8 Å². The summed E-state index contributed by atoms with van der Waals surface area (Å²) in [6, 6.07) is 6.48. The van der Waals surface area contributed by atoms with Gasteiger partial charge in [-0.05, 0) is 38.6 Å². The third-order valence-corrected chi connectivity index (χ3v) is 5.39. The maximum absolute atomic E-state index is 11.1. The fraction of sp³-hybridized carbons (Fsp3) is 0.600. The van der Waals surface area contributed by atoms with Crippen molar-refractivity contribution in [3.8, 4) is 5.75 Å². The van der Waals surface area contributed by atoms with E-state index in [0.717, 1.165) is 17.1 Å². The van der Waals surface area contributed by atoms with Gasteiger partial charge in [-0.1, -0.05) is 6.07 Å². The Hall–Kier alpha value is -0.720. The Morgan fingerprint density at radius 1 is 1.38 bits per heavy atom. The van der Waals surface area contributed by atoms with Gasteiger partial charge in [0.2, 0.25) is 0 Å². The van der Waals surface area contributed by atoms with Gasteiger partial charge in [-0.25, -0.2) is 8.42 Å². The van der Waals surface area contributed by atoms with Crippen LogP contribution in [0.4, 0.5) is 0 Å². The van der Waals surface area contributed by atoms with Crippen molar-refractivity contribution < 1.29 is 13.2 Å². The minimum atomic E-state index is -2.89. The number of sulfone groups is 1. The molecule has 21 heavy (non-hydrogen) atoms. The third-order valence-electron chi connectivity index (χ3n) is 3.17. The van der Waals surface area contributed by atoms with E-state index in [2.05, 4.69) is 24.4 Å². The van der Waals surface area contributed by atoms with Crippen molar-refractivity contribution in [3.63, 3.8) is 0 Å². The normalized spacial score (nSPS) is 13.1. The van der Waals surface area contributed by atoms with Gasteiger partial charge in [0.15, 0.2) is 0 Å². The third kappa shape index (κ3) is 6.72. The molecule has 0 aliphatic rings. The molecule has 6 heteroatoms. The molecule has 1 unspecified atom stereocenters. The highest BCUT2D eigenvalue weighted by atomic mass is 32.2. The van der Waals surface area contributed by atoms with E-state index in [-0.39, 0.29) is 11.8 Å². The zero-order valence-corrected chi connectivity index (χ0v) is 14.8. The summed E-state index contributed by atoms with van der Waals surface area (Å²) in [7, 11) is -0.954. The minimum absolute atomic E-state index is 0.217. The average Bonchev–Trinajstić information content (AvgIpc) is 2.43. The molecule has 0 fully saturated rings. The number of hydrogen-bond donors (Lipinski definition) is 1. The van der Waals surface area contributed by atoms with Crippen LogP contribution in [0.1, 0.15) is 31.0 Å². The molecule has 0 aliphatic carbocycles. The van der Waals surface area contributed by atoms with E-state index in [9.17, 15) is 8.42 Å². The van der Waals surface area contributed by atoms with Gasteiger partial charge in [0.25, 0.3) is 0 Å². The molecular formula is C15H25NO3S2.